The van der Waals surface area contributed by atoms with Crippen molar-refractivity contribution in [2.24, 2.45) is 23.7 Å². The maximum atomic E-state index is 11.9. The summed E-state index contributed by atoms with van der Waals surface area (Å²) in [5.74, 6) is 0.812. The van der Waals surface area contributed by atoms with Crippen molar-refractivity contribution in [2.45, 2.75) is 90.9 Å². The molecule has 2 rings (SSSR count). The fraction of sp³-hybridized carbons (Fsp3) is 0.905. The highest BCUT2D eigenvalue weighted by atomic mass is 16.6. The first kappa shape index (κ1) is 22.0. The average molecular weight is 384 g/mol. The average Bonchev–Trinajstić information content (AvgIpc) is 2.87. The van der Waals surface area contributed by atoms with Crippen molar-refractivity contribution in [3.8, 4) is 0 Å². The van der Waals surface area contributed by atoms with Crippen LogP contribution >= 0.6 is 0 Å². The van der Waals surface area contributed by atoms with Crippen LogP contribution in [0.3, 0.4) is 0 Å². The first-order chi connectivity index (χ1) is 12.5. The second kappa shape index (κ2) is 9.26. The van der Waals surface area contributed by atoms with Crippen molar-refractivity contribution in [3.05, 3.63) is 0 Å². The van der Waals surface area contributed by atoms with E-state index in [1.165, 1.54) is 32.1 Å². The number of ether oxygens (including phenoxy) is 2. The molecule has 0 aromatic heterocycles. The van der Waals surface area contributed by atoms with Gasteiger partial charge in [0.1, 0.15) is 5.60 Å². The van der Waals surface area contributed by atoms with Crippen LogP contribution in [0.1, 0.15) is 73.1 Å². The lowest BCUT2D eigenvalue weighted by Gasteiger charge is -2.32. The number of carbonyl (C=O) groups is 2. The molecule has 2 N–H and O–H groups in total. The minimum Gasteiger partial charge on any atom is -0.481 e. The third-order valence-electron chi connectivity index (χ3n) is 5.82. The first-order valence-electron chi connectivity index (χ1n) is 10.4. The lowest BCUT2D eigenvalue weighted by molar-refractivity contribution is -0.147. The Hall–Kier alpha value is -1.30. The topological polar surface area (TPSA) is 84.9 Å². The first-order valence-corrected chi connectivity index (χ1v) is 10.4. The Kier molecular flexibility index (Phi) is 7.55. The quantitative estimate of drug-likeness (QED) is 0.655. The van der Waals surface area contributed by atoms with E-state index in [4.69, 9.17) is 9.47 Å². The summed E-state index contributed by atoms with van der Waals surface area (Å²) in [5, 5.41) is 12.2. The lowest BCUT2D eigenvalue weighted by atomic mass is 9.77. The van der Waals surface area contributed by atoms with Gasteiger partial charge in [-0.15, -0.1) is 0 Å². The van der Waals surface area contributed by atoms with E-state index in [1.54, 1.807) is 6.92 Å². The van der Waals surface area contributed by atoms with Crippen LogP contribution in [-0.4, -0.2) is 41.5 Å². The summed E-state index contributed by atoms with van der Waals surface area (Å²) >= 11 is 0. The molecule has 0 heterocycles. The number of carboxylic acid groups (broad SMARTS) is 1. The maximum Gasteiger partial charge on any atom is 0.407 e. The highest BCUT2D eigenvalue weighted by Crippen LogP contribution is 2.46. The summed E-state index contributed by atoms with van der Waals surface area (Å²) in [6, 6.07) is -0.245. The molecule has 2 aliphatic rings. The van der Waals surface area contributed by atoms with Crippen LogP contribution in [-0.2, 0) is 14.3 Å². The number of rotatable bonds is 8. The molecule has 0 aliphatic heterocycles. The Morgan fingerprint density at radius 3 is 2.22 bits per heavy atom. The predicted octanol–water partition coefficient (Wildman–Crippen LogP) is 4.22. The summed E-state index contributed by atoms with van der Waals surface area (Å²) < 4.78 is 11.3. The van der Waals surface area contributed by atoms with Gasteiger partial charge in [-0.3, -0.25) is 4.79 Å². The van der Waals surface area contributed by atoms with Crippen molar-refractivity contribution in [3.63, 3.8) is 0 Å². The number of amides is 1. The SMILES string of the molecule is C[C@H](CO[C@H](C[C@@H]1C[C@@H]2CC[C@@H](C2)C1)[C@@H](C)C(=O)O)NC(=O)OC(C)(C)C. The van der Waals surface area contributed by atoms with Gasteiger partial charge in [0.15, 0.2) is 0 Å². The molecule has 0 saturated heterocycles. The molecule has 1 amide bonds. The largest absolute Gasteiger partial charge is 0.481 e. The number of carboxylic acids is 1. The van der Waals surface area contributed by atoms with E-state index in [0.717, 1.165) is 18.3 Å². The third kappa shape index (κ3) is 7.32. The Morgan fingerprint density at radius 2 is 1.70 bits per heavy atom. The van der Waals surface area contributed by atoms with Gasteiger partial charge in [-0.1, -0.05) is 12.8 Å². The molecule has 0 spiro atoms. The Balaban J connectivity index is 1.85. The smallest absolute Gasteiger partial charge is 0.407 e. The maximum absolute atomic E-state index is 11.9. The molecule has 2 fully saturated rings. The minimum atomic E-state index is -0.827. The fourth-order valence-corrected chi connectivity index (χ4v) is 4.56. The van der Waals surface area contributed by atoms with Gasteiger partial charge in [0.05, 0.1) is 24.7 Å². The van der Waals surface area contributed by atoms with Crippen LogP contribution in [0.5, 0.6) is 0 Å². The molecule has 156 valence electrons. The number of hydrogen-bond donors (Lipinski definition) is 2. The second-order valence-electron chi connectivity index (χ2n) is 9.66. The second-order valence-corrected chi connectivity index (χ2v) is 9.66. The van der Waals surface area contributed by atoms with Gasteiger partial charge in [-0.05, 0) is 78.1 Å². The van der Waals surface area contributed by atoms with Gasteiger partial charge in [0.2, 0.25) is 0 Å². The zero-order chi connectivity index (χ0) is 20.2. The number of hydrogen-bond acceptors (Lipinski definition) is 4. The molecule has 0 unspecified atom stereocenters. The van der Waals surface area contributed by atoms with Crippen molar-refractivity contribution in [2.75, 3.05) is 6.61 Å². The molecule has 0 aromatic rings. The van der Waals surface area contributed by atoms with E-state index in [2.05, 4.69) is 5.32 Å². The van der Waals surface area contributed by atoms with Crippen molar-refractivity contribution >= 4 is 12.1 Å². The highest BCUT2D eigenvalue weighted by Gasteiger charge is 2.37. The number of nitrogens with one attached hydrogen (secondary N) is 1. The summed E-state index contributed by atoms with van der Waals surface area (Å²) in [4.78, 5) is 23.4. The Bertz CT molecular complexity index is 503. The number of aliphatic carboxylic acids is 1. The molecule has 27 heavy (non-hydrogen) atoms. The molecule has 2 saturated carbocycles. The summed E-state index contributed by atoms with van der Waals surface area (Å²) in [5.41, 5.74) is -0.550. The highest BCUT2D eigenvalue weighted by molar-refractivity contribution is 5.70. The van der Waals surface area contributed by atoms with E-state index in [-0.39, 0.29) is 18.8 Å². The molecule has 6 atom stereocenters. The molecular formula is C21H37NO5. The molecule has 2 bridgehead atoms. The zero-order valence-electron chi connectivity index (χ0n) is 17.5. The molecular weight excluding hydrogens is 346 g/mol. The Morgan fingerprint density at radius 1 is 1.11 bits per heavy atom. The normalized spacial score (nSPS) is 28.3. The molecule has 6 nitrogen and oxygen atoms in total. The van der Waals surface area contributed by atoms with Gasteiger partial charge in [-0.2, -0.15) is 0 Å². The van der Waals surface area contributed by atoms with E-state index in [1.807, 2.05) is 27.7 Å². The monoisotopic (exact) mass is 383 g/mol. The van der Waals surface area contributed by atoms with Crippen LogP contribution in [0.25, 0.3) is 0 Å². The standard InChI is InChI=1S/C21H37NO5/c1-13(22-20(25)27-21(3,4)5)12-26-18(14(2)19(23)24)11-17-9-15-6-7-16(8-15)10-17/h13-18H,6-12H2,1-5H3,(H,22,25)(H,23,24)/t13-,14-,15-,16+,17-,18-/m1/s1. The molecule has 2 aliphatic carbocycles. The zero-order valence-corrected chi connectivity index (χ0v) is 17.5. The predicted molar refractivity (Wildman–Crippen MR) is 104 cm³/mol. The van der Waals surface area contributed by atoms with Gasteiger partial charge < -0.3 is 19.9 Å². The van der Waals surface area contributed by atoms with Gasteiger partial charge in [0, 0.05) is 0 Å². The number of fused-ring (bicyclic) bond motifs is 2. The summed E-state index contributed by atoms with van der Waals surface area (Å²) in [6.45, 7) is 9.28. The van der Waals surface area contributed by atoms with Crippen molar-refractivity contribution in [1.29, 1.82) is 0 Å². The summed E-state index contributed by atoms with van der Waals surface area (Å²) in [7, 11) is 0. The van der Waals surface area contributed by atoms with Gasteiger partial charge in [0.25, 0.3) is 0 Å². The number of carbonyl (C=O) groups excluding carboxylic acids is 1. The third-order valence-corrected chi connectivity index (χ3v) is 5.82. The fourth-order valence-electron chi connectivity index (χ4n) is 4.56. The van der Waals surface area contributed by atoms with Crippen LogP contribution in [0.15, 0.2) is 0 Å². The molecule has 0 aromatic carbocycles. The van der Waals surface area contributed by atoms with E-state index < -0.39 is 23.6 Å². The van der Waals surface area contributed by atoms with E-state index in [9.17, 15) is 14.7 Å². The Labute approximate surface area is 163 Å². The van der Waals surface area contributed by atoms with Crippen LogP contribution < -0.4 is 5.32 Å². The van der Waals surface area contributed by atoms with Crippen LogP contribution in [0.2, 0.25) is 0 Å². The van der Waals surface area contributed by atoms with E-state index >= 15 is 0 Å². The van der Waals surface area contributed by atoms with Crippen molar-refractivity contribution in [1.82, 2.24) is 5.32 Å². The molecule has 6 heteroatoms. The van der Waals surface area contributed by atoms with Crippen LogP contribution in [0, 0.1) is 23.7 Å². The van der Waals surface area contributed by atoms with Gasteiger partial charge in [-0.25, -0.2) is 4.79 Å². The minimum absolute atomic E-state index is 0.245. The van der Waals surface area contributed by atoms with Gasteiger partial charge >= 0.3 is 12.1 Å². The lowest BCUT2D eigenvalue weighted by Crippen LogP contribution is -2.41. The summed E-state index contributed by atoms with van der Waals surface area (Å²) in [6.07, 6.45) is 6.41. The van der Waals surface area contributed by atoms with Crippen molar-refractivity contribution < 1.29 is 24.2 Å². The number of alkyl carbamates (subject to hydrolysis) is 1. The van der Waals surface area contributed by atoms with E-state index in [0.29, 0.717) is 5.92 Å². The van der Waals surface area contributed by atoms with Crippen LogP contribution in [0.4, 0.5) is 4.79 Å². The molecule has 0 radical (unpaired) electrons.